The molecule has 30 heavy (non-hydrogen) atoms. The number of likely N-dealkylation sites (tertiary alicyclic amines) is 1. The summed E-state index contributed by atoms with van der Waals surface area (Å²) < 4.78 is 4.98. The Morgan fingerprint density at radius 3 is 2.63 bits per heavy atom. The summed E-state index contributed by atoms with van der Waals surface area (Å²) in [6.45, 7) is 0.280. The van der Waals surface area contributed by atoms with Crippen molar-refractivity contribution in [3.63, 3.8) is 0 Å². The Bertz CT molecular complexity index is 788. The van der Waals surface area contributed by atoms with Crippen LogP contribution in [0.3, 0.4) is 0 Å². The lowest BCUT2D eigenvalue weighted by atomic mass is 10.1. The fourth-order valence-corrected chi connectivity index (χ4v) is 3.41. The first kappa shape index (κ1) is 23.4. The van der Waals surface area contributed by atoms with Crippen molar-refractivity contribution in [2.45, 2.75) is 43.8 Å². The number of aromatic hydroxyl groups is 1. The molecule has 0 aliphatic carbocycles. The molecule has 0 aromatic heterocycles. The fourth-order valence-electron chi connectivity index (χ4n) is 3.41. The molecule has 0 spiro atoms. The summed E-state index contributed by atoms with van der Waals surface area (Å²) in [6, 6.07) is 0.787. The largest absolute Gasteiger partial charge is 0.504 e. The van der Waals surface area contributed by atoms with Gasteiger partial charge in [-0.15, -0.1) is 0 Å². The minimum atomic E-state index is -1.26. The molecule has 166 valence electrons. The topological polar surface area (TPSA) is 180 Å². The van der Waals surface area contributed by atoms with Gasteiger partial charge in [-0.25, -0.2) is 9.86 Å². The third-order valence-corrected chi connectivity index (χ3v) is 5.11. The molecule has 11 heteroatoms. The maximum atomic E-state index is 12.9. The Morgan fingerprint density at radius 2 is 2.03 bits per heavy atom. The number of rotatable bonds is 9. The molecule has 1 saturated heterocycles. The molecule has 1 heterocycles. The molecule has 0 unspecified atom stereocenters. The van der Waals surface area contributed by atoms with Crippen LogP contribution in [0.1, 0.15) is 36.0 Å². The first-order valence-electron chi connectivity index (χ1n) is 9.59. The molecule has 1 aromatic carbocycles. The van der Waals surface area contributed by atoms with Crippen LogP contribution in [-0.4, -0.2) is 81.5 Å². The summed E-state index contributed by atoms with van der Waals surface area (Å²) >= 11 is 0. The third kappa shape index (κ3) is 5.17. The van der Waals surface area contributed by atoms with E-state index in [0.29, 0.717) is 30.9 Å². The molecule has 1 aromatic rings. The van der Waals surface area contributed by atoms with Gasteiger partial charge in [0.25, 0.3) is 11.8 Å². The Hall–Kier alpha value is -2.89. The second-order valence-electron chi connectivity index (χ2n) is 7.16. The van der Waals surface area contributed by atoms with Crippen molar-refractivity contribution in [3.8, 4) is 11.5 Å². The molecule has 1 aliphatic rings. The zero-order valence-corrected chi connectivity index (χ0v) is 16.7. The number of hydroxylamine groups is 2. The van der Waals surface area contributed by atoms with Gasteiger partial charge < -0.3 is 31.3 Å². The van der Waals surface area contributed by atoms with E-state index in [4.69, 9.17) is 16.2 Å². The number of carboxylic acid groups (broad SMARTS) is 1. The lowest BCUT2D eigenvalue weighted by molar-refractivity contribution is -0.176. The summed E-state index contributed by atoms with van der Waals surface area (Å²) in [5, 5.41) is 30.0. The van der Waals surface area contributed by atoms with E-state index in [9.17, 15) is 29.8 Å². The summed E-state index contributed by atoms with van der Waals surface area (Å²) in [6.07, 6.45) is 1.49. The molecule has 0 bridgehead atoms. The van der Waals surface area contributed by atoms with E-state index >= 15 is 0 Å². The lowest BCUT2D eigenvalue weighted by Gasteiger charge is -2.25. The zero-order valence-electron chi connectivity index (χ0n) is 16.7. The van der Waals surface area contributed by atoms with Gasteiger partial charge in [-0.1, -0.05) is 6.42 Å². The summed E-state index contributed by atoms with van der Waals surface area (Å²) in [5.74, 6) is -2.73. The minimum absolute atomic E-state index is 0.0610. The number of hydrogen-bond donors (Lipinski definition) is 5. The average molecular weight is 424 g/mol. The molecular formula is C19H28N4O7. The van der Waals surface area contributed by atoms with Gasteiger partial charge in [-0.05, 0) is 37.6 Å². The lowest BCUT2D eigenvalue weighted by Crippen LogP contribution is -2.48. The number of phenolic OH excluding ortho intramolecular Hbond substituents is 1. The van der Waals surface area contributed by atoms with Crippen LogP contribution in [0.4, 0.5) is 0 Å². The van der Waals surface area contributed by atoms with E-state index < -0.39 is 35.9 Å². The highest BCUT2D eigenvalue weighted by atomic mass is 16.5. The molecule has 2 amide bonds. The molecular weight excluding hydrogens is 396 g/mol. The van der Waals surface area contributed by atoms with Gasteiger partial charge in [0, 0.05) is 18.5 Å². The first-order valence-corrected chi connectivity index (χ1v) is 9.59. The van der Waals surface area contributed by atoms with Crippen LogP contribution in [0.15, 0.2) is 18.2 Å². The second kappa shape index (κ2) is 10.2. The Balaban J connectivity index is 2.15. The van der Waals surface area contributed by atoms with Crippen molar-refractivity contribution in [1.82, 2.24) is 9.96 Å². The third-order valence-electron chi connectivity index (χ3n) is 5.11. The van der Waals surface area contributed by atoms with Crippen LogP contribution in [0.5, 0.6) is 11.5 Å². The Morgan fingerprint density at radius 1 is 1.33 bits per heavy atom. The van der Waals surface area contributed by atoms with Crippen LogP contribution >= 0.6 is 0 Å². The van der Waals surface area contributed by atoms with Gasteiger partial charge in [-0.3, -0.25) is 14.8 Å². The Labute approximate surface area is 173 Å². The highest BCUT2D eigenvalue weighted by Gasteiger charge is 2.44. The first-order chi connectivity index (χ1) is 14.2. The number of benzene rings is 1. The Kier molecular flexibility index (Phi) is 7.98. The number of hydrogen-bond acceptors (Lipinski definition) is 8. The smallest absolute Gasteiger partial charge is 0.326 e. The van der Waals surface area contributed by atoms with Gasteiger partial charge in [0.15, 0.2) is 11.5 Å². The van der Waals surface area contributed by atoms with Crippen LogP contribution in [0.2, 0.25) is 0 Å². The number of carboxylic acids is 1. The summed E-state index contributed by atoms with van der Waals surface area (Å²) in [5.41, 5.74) is 11.3. The van der Waals surface area contributed by atoms with Crippen molar-refractivity contribution in [2.24, 2.45) is 11.5 Å². The molecule has 0 saturated carbocycles. The maximum Gasteiger partial charge on any atom is 0.326 e. The van der Waals surface area contributed by atoms with Crippen molar-refractivity contribution >= 4 is 17.8 Å². The quantitative estimate of drug-likeness (QED) is 0.203. The molecule has 11 nitrogen and oxygen atoms in total. The van der Waals surface area contributed by atoms with E-state index in [2.05, 4.69) is 0 Å². The highest BCUT2D eigenvalue weighted by Crippen LogP contribution is 2.29. The van der Waals surface area contributed by atoms with Crippen molar-refractivity contribution in [3.05, 3.63) is 23.8 Å². The minimum Gasteiger partial charge on any atom is -0.504 e. The van der Waals surface area contributed by atoms with Crippen LogP contribution in [0, 0.1) is 0 Å². The predicted octanol–water partition coefficient (Wildman–Crippen LogP) is -0.257. The number of carbonyl (C=O) groups is 3. The van der Waals surface area contributed by atoms with E-state index in [1.165, 1.54) is 25.3 Å². The highest BCUT2D eigenvalue weighted by molar-refractivity contribution is 5.97. The molecule has 2 rings (SSSR count). The molecule has 1 fully saturated rings. The van der Waals surface area contributed by atoms with E-state index in [0.717, 1.165) is 4.90 Å². The SMILES string of the molecule is COc1cc(C(=O)N2C[C@H](N(O)C(=O)[C@@H](N)CCCCN)C[C@H]2C(=O)O)ccc1O. The summed E-state index contributed by atoms with van der Waals surface area (Å²) in [4.78, 5) is 38.0. The number of carbonyl (C=O) groups excluding carboxylic acids is 2. The maximum absolute atomic E-state index is 12.9. The normalized spacial score (nSPS) is 19.4. The van der Waals surface area contributed by atoms with Gasteiger partial charge in [-0.2, -0.15) is 0 Å². The number of ether oxygens (including phenoxy) is 1. The number of aliphatic carboxylic acids is 1. The molecule has 1 aliphatic heterocycles. The van der Waals surface area contributed by atoms with Crippen molar-refractivity contribution < 1.29 is 34.5 Å². The molecule has 3 atom stereocenters. The van der Waals surface area contributed by atoms with E-state index in [1.807, 2.05) is 0 Å². The summed E-state index contributed by atoms with van der Waals surface area (Å²) in [7, 11) is 1.32. The molecule has 7 N–H and O–H groups in total. The van der Waals surface area contributed by atoms with E-state index in [1.54, 1.807) is 0 Å². The zero-order chi connectivity index (χ0) is 22.4. The van der Waals surface area contributed by atoms with Crippen molar-refractivity contribution in [1.29, 1.82) is 0 Å². The number of unbranched alkanes of at least 4 members (excludes halogenated alkanes) is 1. The monoisotopic (exact) mass is 424 g/mol. The van der Waals surface area contributed by atoms with E-state index in [-0.39, 0.29) is 30.0 Å². The number of nitrogens with two attached hydrogens (primary N) is 2. The van der Waals surface area contributed by atoms with Gasteiger partial charge in [0.2, 0.25) is 0 Å². The fraction of sp³-hybridized carbons (Fsp3) is 0.526. The number of nitrogens with zero attached hydrogens (tertiary/aromatic N) is 2. The van der Waals surface area contributed by atoms with Crippen LogP contribution in [-0.2, 0) is 9.59 Å². The average Bonchev–Trinajstić information content (AvgIpc) is 3.18. The second-order valence-corrected chi connectivity index (χ2v) is 7.16. The number of amides is 2. The predicted molar refractivity (Wildman–Crippen MR) is 105 cm³/mol. The standard InChI is InChI=1S/C19H28N4O7/c1-30-16-8-11(5-6-15(16)24)17(25)22-10-12(9-14(22)19(27)28)23(29)18(26)13(21)4-2-3-7-20/h5-6,8,12-14,24,29H,2-4,7,9-10,20-21H2,1H3,(H,27,28)/t12-,13+,14+/m1/s1. The van der Waals surface area contributed by atoms with Crippen LogP contribution in [0.25, 0.3) is 0 Å². The molecule has 0 radical (unpaired) electrons. The van der Waals surface area contributed by atoms with Crippen LogP contribution < -0.4 is 16.2 Å². The van der Waals surface area contributed by atoms with Gasteiger partial charge in [0.05, 0.1) is 19.2 Å². The van der Waals surface area contributed by atoms with Crippen molar-refractivity contribution in [2.75, 3.05) is 20.2 Å². The van der Waals surface area contributed by atoms with Gasteiger partial charge in [0.1, 0.15) is 6.04 Å². The van der Waals surface area contributed by atoms with Gasteiger partial charge >= 0.3 is 5.97 Å². The number of phenols is 1. The number of methoxy groups -OCH3 is 1.